The first-order valence-electron chi connectivity index (χ1n) is 8.14. The number of para-hydroxylation sites is 1. The summed E-state index contributed by atoms with van der Waals surface area (Å²) in [4.78, 5) is 16.7. The molecule has 1 aliphatic rings. The van der Waals surface area contributed by atoms with E-state index in [0.717, 1.165) is 13.1 Å². The zero-order valence-corrected chi connectivity index (χ0v) is 14.4. The van der Waals surface area contributed by atoms with Gasteiger partial charge in [0.25, 0.3) is 5.91 Å². The van der Waals surface area contributed by atoms with Crippen molar-refractivity contribution in [1.29, 1.82) is 0 Å². The normalized spacial score (nSPS) is 15.9. The summed E-state index contributed by atoms with van der Waals surface area (Å²) in [6.07, 6.45) is -0.505. The number of carbonyl (C=O) groups is 1. The second kappa shape index (κ2) is 7.58. The summed E-state index contributed by atoms with van der Waals surface area (Å²) in [6.45, 7) is 4.89. The molecular weight excluding hydrogens is 324 g/mol. The minimum atomic E-state index is -0.505. The summed E-state index contributed by atoms with van der Waals surface area (Å²) < 4.78 is 5.73. The number of hydrogen-bond donors (Lipinski definition) is 0. The fourth-order valence-corrected chi connectivity index (χ4v) is 2.97. The fourth-order valence-electron chi connectivity index (χ4n) is 2.85. The molecule has 1 heterocycles. The number of carbonyl (C=O) groups excluding carboxylic acids is 1. The third-order valence-electron chi connectivity index (χ3n) is 4.19. The average Bonchev–Trinajstić information content (AvgIpc) is 2.64. The van der Waals surface area contributed by atoms with E-state index in [1.807, 2.05) is 23.1 Å². The number of ether oxygens (including phenoxy) is 1. The lowest BCUT2D eigenvalue weighted by atomic mass is 10.2. The first-order valence-corrected chi connectivity index (χ1v) is 8.52. The smallest absolute Gasteiger partial charge is 0.263 e. The SMILES string of the molecule is CC(Oc1ccc(Cl)cc1)C(=O)N1CCN(c2ccccc2)CC1. The van der Waals surface area contributed by atoms with Crippen LogP contribution in [0.2, 0.25) is 5.02 Å². The molecule has 1 fully saturated rings. The van der Waals surface area contributed by atoms with E-state index in [4.69, 9.17) is 16.3 Å². The van der Waals surface area contributed by atoms with E-state index < -0.39 is 6.10 Å². The summed E-state index contributed by atoms with van der Waals surface area (Å²) in [5.41, 5.74) is 1.20. The number of nitrogens with zero attached hydrogens (tertiary/aromatic N) is 2. The highest BCUT2D eigenvalue weighted by Gasteiger charge is 2.26. The minimum absolute atomic E-state index is 0.0256. The molecule has 5 heteroatoms. The Morgan fingerprint density at radius 2 is 1.62 bits per heavy atom. The molecule has 1 aliphatic heterocycles. The minimum Gasteiger partial charge on any atom is -0.481 e. The van der Waals surface area contributed by atoms with Crippen LogP contribution >= 0.6 is 11.6 Å². The molecule has 126 valence electrons. The summed E-state index contributed by atoms with van der Waals surface area (Å²) >= 11 is 5.86. The topological polar surface area (TPSA) is 32.8 Å². The van der Waals surface area contributed by atoms with Crippen LogP contribution in [0.3, 0.4) is 0 Å². The Morgan fingerprint density at radius 3 is 2.25 bits per heavy atom. The Balaban J connectivity index is 1.53. The molecule has 0 spiro atoms. The molecule has 0 radical (unpaired) electrons. The fraction of sp³-hybridized carbons (Fsp3) is 0.316. The second-order valence-corrected chi connectivity index (χ2v) is 6.30. The lowest BCUT2D eigenvalue weighted by Crippen LogP contribution is -2.52. The van der Waals surface area contributed by atoms with Gasteiger partial charge in [-0.05, 0) is 43.3 Å². The molecule has 0 saturated carbocycles. The molecule has 0 N–H and O–H groups in total. The average molecular weight is 345 g/mol. The Morgan fingerprint density at radius 1 is 1.00 bits per heavy atom. The van der Waals surface area contributed by atoms with E-state index in [-0.39, 0.29) is 5.91 Å². The summed E-state index contributed by atoms with van der Waals surface area (Å²) in [5.74, 6) is 0.681. The highest BCUT2D eigenvalue weighted by atomic mass is 35.5. The first kappa shape index (κ1) is 16.7. The number of halogens is 1. The van der Waals surface area contributed by atoms with Gasteiger partial charge in [-0.2, -0.15) is 0 Å². The van der Waals surface area contributed by atoms with Crippen LogP contribution in [0.15, 0.2) is 54.6 Å². The van der Waals surface area contributed by atoms with E-state index >= 15 is 0 Å². The Bertz CT molecular complexity index is 668. The van der Waals surface area contributed by atoms with Crippen LogP contribution in [-0.2, 0) is 4.79 Å². The van der Waals surface area contributed by atoms with Crippen LogP contribution in [0.25, 0.3) is 0 Å². The van der Waals surface area contributed by atoms with Gasteiger partial charge in [0.1, 0.15) is 5.75 Å². The Labute approximate surface area is 147 Å². The largest absolute Gasteiger partial charge is 0.481 e. The Hall–Kier alpha value is -2.20. The number of rotatable bonds is 4. The third-order valence-corrected chi connectivity index (χ3v) is 4.44. The molecule has 1 saturated heterocycles. The quantitative estimate of drug-likeness (QED) is 0.851. The van der Waals surface area contributed by atoms with Gasteiger partial charge >= 0.3 is 0 Å². The summed E-state index contributed by atoms with van der Waals surface area (Å²) in [5, 5.41) is 0.651. The van der Waals surface area contributed by atoms with Crippen LogP contribution in [0.4, 0.5) is 5.69 Å². The molecular formula is C19H21ClN2O2. The van der Waals surface area contributed by atoms with Gasteiger partial charge in [-0.25, -0.2) is 0 Å². The number of benzene rings is 2. The lowest BCUT2D eigenvalue weighted by molar-refractivity contribution is -0.138. The predicted molar refractivity (Wildman–Crippen MR) is 96.8 cm³/mol. The maximum atomic E-state index is 12.6. The molecule has 1 amide bonds. The monoisotopic (exact) mass is 344 g/mol. The molecule has 0 bridgehead atoms. The van der Waals surface area contributed by atoms with Crippen molar-refractivity contribution in [3.8, 4) is 5.75 Å². The molecule has 24 heavy (non-hydrogen) atoms. The molecule has 0 aromatic heterocycles. The van der Waals surface area contributed by atoms with Gasteiger partial charge in [0, 0.05) is 36.9 Å². The zero-order valence-electron chi connectivity index (χ0n) is 13.7. The van der Waals surface area contributed by atoms with Crippen molar-refractivity contribution >= 4 is 23.2 Å². The zero-order chi connectivity index (χ0) is 16.9. The van der Waals surface area contributed by atoms with Crippen LogP contribution in [0, 0.1) is 0 Å². The highest BCUT2D eigenvalue weighted by molar-refractivity contribution is 6.30. The molecule has 1 unspecified atom stereocenters. The second-order valence-electron chi connectivity index (χ2n) is 5.86. The van der Waals surface area contributed by atoms with Gasteiger partial charge in [0.05, 0.1) is 0 Å². The van der Waals surface area contributed by atoms with Gasteiger partial charge < -0.3 is 14.5 Å². The van der Waals surface area contributed by atoms with Gasteiger partial charge in [-0.15, -0.1) is 0 Å². The number of hydrogen-bond acceptors (Lipinski definition) is 3. The number of piperazine rings is 1. The standard InChI is InChI=1S/C19H21ClN2O2/c1-15(24-18-9-7-16(20)8-10-18)19(23)22-13-11-21(12-14-22)17-5-3-2-4-6-17/h2-10,15H,11-14H2,1H3. The van der Waals surface area contributed by atoms with E-state index in [9.17, 15) is 4.79 Å². The maximum Gasteiger partial charge on any atom is 0.263 e. The van der Waals surface area contributed by atoms with Gasteiger partial charge in [0.2, 0.25) is 0 Å². The molecule has 1 atom stereocenters. The van der Waals surface area contributed by atoms with Crippen molar-refractivity contribution in [2.24, 2.45) is 0 Å². The van der Waals surface area contributed by atoms with E-state index in [2.05, 4.69) is 17.0 Å². The van der Waals surface area contributed by atoms with Crippen LogP contribution in [-0.4, -0.2) is 43.1 Å². The first-order chi connectivity index (χ1) is 11.6. The molecule has 3 rings (SSSR count). The summed E-state index contributed by atoms with van der Waals surface area (Å²) in [6, 6.07) is 17.4. The number of anilines is 1. The lowest BCUT2D eigenvalue weighted by Gasteiger charge is -2.37. The third kappa shape index (κ3) is 4.01. The van der Waals surface area contributed by atoms with Crippen molar-refractivity contribution in [3.63, 3.8) is 0 Å². The van der Waals surface area contributed by atoms with E-state index in [1.54, 1.807) is 31.2 Å². The van der Waals surface area contributed by atoms with E-state index in [1.165, 1.54) is 5.69 Å². The predicted octanol–water partition coefficient (Wildman–Crippen LogP) is 3.46. The van der Waals surface area contributed by atoms with Crippen molar-refractivity contribution in [2.45, 2.75) is 13.0 Å². The van der Waals surface area contributed by atoms with Crippen molar-refractivity contribution in [3.05, 3.63) is 59.6 Å². The summed E-state index contributed by atoms with van der Waals surface area (Å²) in [7, 11) is 0. The Kier molecular flexibility index (Phi) is 5.26. The van der Waals surface area contributed by atoms with Gasteiger partial charge in [0.15, 0.2) is 6.10 Å². The van der Waals surface area contributed by atoms with Crippen molar-refractivity contribution in [2.75, 3.05) is 31.1 Å². The molecule has 2 aromatic rings. The van der Waals surface area contributed by atoms with Gasteiger partial charge in [-0.3, -0.25) is 4.79 Å². The van der Waals surface area contributed by atoms with Crippen molar-refractivity contribution < 1.29 is 9.53 Å². The molecule has 4 nitrogen and oxygen atoms in total. The van der Waals surface area contributed by atoms with Gasteiger partial charge in [-0.1, -0.05) is 29.8 Å². The highest BCUT2D eigenvalue weighted by Crippen LogP contribution is 2.19. The van der Waals surface area contributed by atoms with Crippen LogP contribution in [0.1, 0.15) is 6.92 Å². The molecule has 2 aromatic carbocycles. The number of amides is 1. The van der Waals surface area contributed by atoms with Crippen LogP contribution in [0.5, 0.6) is 5.75 Å². The maximum absolute atomic E-state index is 12.6. The van der Waals surface area contributed by atoms with E-state index in [0.29, 0.717) is 23.9 Å². The van der Waals surface area contributed by atoms with Crippen molar-refractivity contribution in [1.82, 2.24) is 4.90 Å². The molecule has 0 aliphatic carbocycles. The van der Waals surface area contributed by atoms with Crippen LogP contribution < -0.4 is 9.64 Å².